The third-order valence-electron chi connectivity index (χ3n) is 3.41. The van der Waals surface area contributed by atoms with Crippen molar-refractivity contribution in [3.63, 3.8) is 0 Å². The summed E-state index contributed by atoms with van der Waals surface area (Å²) < 4.78 is 17.3. The molecule has 1 aromatic rings. The van der Waals surface area contributed by atoms with Crippen molar-refractivity contribution >= 4 is 15.9 Å². The van der Waals surface area contributed by atoms with E-state index in [1.54, 1.807) is 6.26 Å². The highest BCUT2D eigenvalue weighted by Gasteiger charge is 2.22. The molecule has 2 atom stereocenters. The Hall–Kier alpha value is -0.320. The molecule has 0 aromatic carbocycles. The van der Waals surface area contributed by atoms with Crippen molar-refractivity contribution in [2.45, 2.75) is 57.3 Å². The zero-order valence-corrected chi connectivity index (χ0v) is 12.9. The molecular weight excluding hydrogens is 308 g/mol. The van der Waals surface area contributed by atoms with E-state index in [1.165, 1.54) is 19.3 Å². The molecule has 2 rings (SSSR count). The zero-order valence-electron chi connectivity index (χ0n) is 11.4. The van der Waals surface area contributed by atoms with E-state index in [-0.39, 0.29) is 12.4 Å². The lowest BCUT2D eigenvalue weighted by Gasteiger charge is -2.27. The standard InChI is InChI=1S/C15H23BrO3/c16-10-4-1-2-7-14(13-8-6-12-17-13)19-15-9-3-5-11-18-15/h6,8,12,14-15H,1-5,7,9-11H2. The minimum Gasteiger partial charge on any atom is -0.467 e. The number of unbranched alkanes of at least 4 members (excludes halogenated alkanes) is 2. The summed E-state index contributed by atoms with van der Waals surface area (Å²) in [6, 6.07) is 3.92. The molecule has 3 nitrogen and oxygen atoms in total. The SMILES string of the molecule is BrCCCCCC(OC1CCCCO1)c1ccco1. The van der Waals surface area contributed by atoms with Gasteiger partial charge in [0.15, 0.2) is 6.29 Å². The molecule has 0 aliphatic carbocycles. The average Bonchev–Trinajstić information content (AvgIpc) is 2.97. The number of rotatable bonds is 8. The molecule has 2 unspecified atom stereocenters. The van der Waals surface area contributed by atoms with Crippen LogP contribution >= 0.6 is 15.9 Å². The van der Waals surface area contributed by atoms with Crippen LogP contribution in [0.2, 0.25) is 0 Å². The van der Waals surface area contributed by atoms with E-state index in [1.807, 2.05) is 12.1 Å². The summed E-state index contributed by atoms with van der Waals surface area (Å²) in [5.74, 6) is 0.924. The number of hydrogen-bond acceptors (Lipinski definition) is 3. The van der Waals surface area contributed by atoms with Crippen molar-refractivity contribution < 1.29 is 13.9 Å². The summed E-state index contributed by atoms with van der Waals surface area (Å²) >= 11 is 3.47. The first-order chi connectivity index (χ1) is 9.40. The molecule has 0 bridgehead atoms. The first-order valence-corrected chi connectivity index (χ1v) is 8.38. The van der Waals surface area contributed by atoms with Crippen molar-refractivity contribution in [3.8, 4) is 0 Å². The lowest BCUT2D eigenvalue weighted by molar-refractivity contribution is -0.194. The van der Waals surface area contributed by atoms with Gasteiger partial charge in [-0.1, -0.05) is 28.8 Å². The molecule has 1 aliphatic heterocycles. The number of hydrogen-bond donors (Lipinski definition) is 0. The molecule has 0 radical (unpaired) electrons. The fraction of sp³-hybridized carbons (Fsp3) is 0.733. The Morgan fingerprint density at radius 2 is 2.26 bits per heavy atom. The number of ether oxygens (including phenoxy) is 2. The van der Waals surface area contributed by atoms with Crippen LogP contribution in [-0.2, 0) is 9.47 Å². The van der Waals surface area contributed by atoms with Crippen LogP contribution in [0.3, 0.4) is 0 Å². The van der Waals surface area contributed by atoms with E-state index in [4.69, 9.17) is 13.9 Å². The topological polar surface area (TPSA) is 31.6 Å². The third-order valence-corrected chi connectivity index (χ3v) is 3.98. The molecule has 1 aliphatic rings. The maximum Gasteiger partial charge on any atom is 0.158 e. The summed E-state index contributed by atoms with van der Waals surface area (Å²) in [6.07, 6.45) is 9.63. The third kappa shape index (κ3) is 5.28. The minimum absolute atomic E-state index is 0.0356. The molecule has 0 saturated carbocycles. The van der Waals surface area contributed by atoms with E-state index in [9.17, 15) is 0 Å². The Morgan fingerprint density at radius 3 is 2.95 bits per heavy atom. The zero-order chi connectivity index (χ0) is 13.3. The molecule has 19 heavy (non-hydrogen) atoms. The van der Waals surface area contributed by atoms with Crippen LogP contribution in [0.15, 0.2) is 22.8 Å². The van der Waals surface area contributed by atoms with Crippen LogP contribution < -0.4 is 0 Å². The van der Waals surface area contributed by atoms with Gasteiger partial charge >= 0.3 is 0 Å². The molecule has 0 N–H and O–H groups in total. The smallest absolute Gasteiger partial charge is 0.158 e. The van der Waals surface area contributed by atoms with Crippen molar-refractivity contribution in [1.29, 1.82) is 0 Å². The fourth-order valence-electron chi connectivity index (χ4n) is 2.35. The lowest BCUT2D eigenvalue weighted by Crippen LogP contribution is -2.24. The first kappa shape index (κ1) is 15.1. The van der Waals surface area contributed by atoms with E-state index in [0.717, 1.165) is 43.4 Å². The Labute approximate surface area is 123 Å². The van der Waals surface area contributed by atoms with Gasteiger partial charge in [-0.15, -0.1) is 0 Å². The molecule has 1 aromatic heterocycles. The first-order valence-electron chi connectivity index (χ1n) is 7.26. The van der Waals surface area contributed by atoms with E-state index >= 15 is 0 Å². The minimum atomic E-state index is -0.0555. The van der Waals surface area contributed by atoms with Crippen LogP contribution in [-0.4, -0.2) is 18.2 Å². The predicted molar refractivity (Wildman–Crippen MR) is 78.4 cm³/mol. The Morgan fingerprint density at radius 1 is 1.32 bits per heavy atom. The molecule has 1 fully saturated rings. The van der Waals surface area contributed by atoms with Crippen LogP contribution in [0.25, 0.3) is 0 Å². The van der Waals surface area contributed by atoms with Crippen LogP contribution in [0.4, 0.5) is 0 Å². The van der Waals surface area contributed by atoms with Crippen molar-refractivity contribution in [1.82, 2.24) is 0 Å². The van der Waals surface area contributed by atoms with E-state index < -0.39 is 0 Å². The highest BCUT2D eigenvalue weighted by molar-refractivity contribution is 9.09. The molecular formula is C15H23BrO3. The van der Waals surface area contributed by atoms with Gasteiger partial charge in [-0.2, -0.15) is 0 Å². The van der Waals surface area contributed by atoms with Gasteiger partial charge in [-0.05, 0) is 44.2 Å². The summed E-state index contributed by atoms with van der Waals surface area (Å²) in [4.78, 5) is 0. The second-order valence-electron chi connectivity index (χ2n) is 4.97. The predicted octanol–water partition coefficient (Wildman–Crippen LogP) is 4.82. The van der Waals surface area contributed by atoms with Gasteiger partial charge in [0.25, 0.3) is 0 Å². The second-order valence-corrected chi connectivity index (χ2v) is 5.77. The highest BCUT2D eigenvalue weighted by Crippen LogP contribution is 2.28. The summed E-state index contributed by atoms with van der Waals surface area (Å²) in [5.41, 5.74) is 0. The molecule has 108 valence electrons. The highest BCUT2D eigenvalue weighted by atomic mass is 79.9. The van der Waals surface area contributed by atoms with Gasteiger partial charge in [0.1, 0.15) is 11.9 Å². The van der Waals surface area contributed by atoms with Crippen molar-refractivity contribution in [2.75, 3.05) is 11.9 Å². The molecule has 1 saturated heterocycles. The van der Waals surface area contributed by atoms with Gasteiger partial charge in [-0.25, -0.2) is 0 Å². The van der Waals surface area contributed by atoms with E-state index in [0.29, 0.717) is 0 Å². The van der Waals surface area contributed by atoms with Crippen molar-refractivity contribution in [2.24, 2.45) is 0 Å². The van der Waals surface area contributed by atoms with Gasteiger partial charge in [0, 0.05) is 11.9 Å². The van der Waals surface area contributed by atoms with Crippen molar-refractivity contribution in [3.05, 3.63) is 24.2 Å². The molecule has 0 spiro atoms. The van der Waals surface area contributed by atoms with Gasteiger partial charge < -0.3 is 13.9 Å². The van der Waals surface area contributed by atoms with Crippen LogP contribution in [0.1, 0.15) is 56.8 Å². The quantitative estimate of drug-likeness (QED) is 0.506. The second kappa shape index (κ2) is 8.77. The maximum absolute atomic E-state index is 6.09. The summed E-state index contributed by atoms with van der Waals surface area (Å²) in [5, 5.41) is 1.07. The Bertz CT molecular complexity index is 320. The molecule has 0 amide bonds. The summed E-state index contributed by atoms with van der Waals surface area (Å²) in [7, 11) is 0. The largest absolute Gasteiger partial charge is 0.467 e. The monoisotopic (exact) mass is 330 g/mol. The Balaban J connectivity index is 1.82. The van der Waals surface area contributed by atoms with Crippen LogP contribution in [0, 0.1) is 0 Å². The molecule has 4 heteroatoms. The fourth-order valence-corrected chi connectivity index (χ4v) is 2.75. The summed E-state index contributed by atoms with van der Waals surface area (Å²) in [6.45, 7) is 0.819. The molecule has 2 heterocycles. The Kier molecular flexibility index (Phi) is 6.96. The maximum atomic E-state index is 6.09. The normalized spacial score (nSPS) is 21.4. The number of alkyl halides is 1. The van der Waals surface area contributed by atoms with Gasteiger partial charge in [0.05, 0.1) is 6.26 Å². The lowest BCUT2D eigenvalue weighted by atomic mass is 10.1. The van der Waals surface area contributed by atoms with Crippen LogP contribution in [0.5, 0.6) is 0 Å². The van der Waals surface area contributed by atoms with E-state index in [2.05, 4.69) is 15.9 Å². The number of halogens is 1. The average molecular weight is 331 g/mol. The number of furan rings is 1. The van der Waals surface area contributed by atoms with Gasteiger partial charge in [0.2, 0.25) is 0 Å². The van der Waals surface area contributed by atoms with Gasteiger partial charge in [-0.3, -0.25) is 0 Å².